The summed E-state index contributed by atoms with van der Waals surface area (Å²) in [7, 11) is 0. The average molecular weight is 648 g/mol. The van der Waals surface area contributed by atoms with Gasteiger partial charge in [-0.05, 0) is 46.2 Å². The van der Waals surface area contributed by atoms with Gasteiger partial charge < -0.3 is 10.2 Å². The van der Waals surface area contributed by atoms with Gasteiger partial charge in [0, 0.05) is 0 Å². The van der Waals surface area contributed by atoms with Crippen LogP contribution < -0.4 is 0 Å². The molecule has 2 aromatic carbocycles. The molecule has 0 atom stereocenters. The zero-order valence-corrected chi connectivity index (χ0v) is 30.1. The van der Waals surface area contributed by atoms with Gasteiger partial charge in [0.15, 0.2) is 0 Å². The van der Waals surface area contributed by atoms with E-state index in [4.69, 9.17) is 10.2 Å². The third-order valence-corrected chi connectivity index (χ3v) is 6.60. The van der Waals surface area contributed by atoms with Crippen LogP contribution in [0.4, 0.5) is 0 Å². The van der Waals surface area contributed by atoms with Crippen molar-refractivity contribution in [1.29, 1.82) is 0 Å². The molecule has 0 saturated carbocycles. The van der Waals surface area contributed by atoms with Crippen molar-refractivity contribution < 1.29 is 34.4 Å². The summed E-state index contributed by atoms with van der Waals surface area (Å²) in [6.45, 7) is 17.4. The SMILES string of the molecule is CC(C)(C)c1ccc(O)cc1.CC(C)(C)c1ccc(O)cc1.CCCCC1=[C-]CC=C1.CCCCC1=[C-]CC=C1.[CH2]=[Zr+2]. The normalized spacial score (nSPS) is 13.2. The van der Waals surface area contributed by atoms with Gasteiger partial charge in [0.1, 0.15) is 11.5 Å². The second kappa shape index (κ2) is 22.3. The molecule has 0 aromatic heterocycles. The van der Waals surface area contributed by atoms with E-state index in [9.17, 15) is 0 Å². The maximum absolute atomic E-state index is 9.02. The van der Waals surface area contributed by atoms with Gasteiger partial charge in [0.05, 0.1) is 0 Å². The number of hydrogen-bond donors (Lipinski definition) is 2. The Hall–Kier alpha value is -2.25. The van der Waals surface area contributed by atoms with Crippen molar-refractivity contribution in [2.75, 3.05) is 0 Å². The third kappa shape index (κ3) is 19.0. The van der Waals surface area contributed by atoms with Gasteiger partial charge >= 0.3 is 28.4 Å². The molecule has 0 aliphatic heterocycles. The fourth-order valence-corrected chi connectivity index (χ4v) is 3.90. The van der Waals surface area contributed by atoms with Gasteiger partial charge in [0.2, 0.25) is 0 Å². The number of benzene rings is 2. The van der Waals surface area contributed by atoms with E-state index in [0.29, 0.717) is 11.5 Å². The van der Waals surface area contributed by atoms with Crippen molar-refractivity contribution in [2.24, 2.45) is 0 Å². The molecule has 42 heavy (non-hydrogen) atoms. The van der Waals surface area contributed by atoms with E-state index in [1.54, 1.807) is 24.3 Å². The van der Waals surface area contributed by atoms with E-state index in [-0.39, 0.29) is 10.8 Å². The molecule has 0 amide bonds. The molecule has 2 aromatic rings. The standard InChI is InChI=1S/2C10H14O.2C9H13.CH2.Zr/c2*1-10(2,3)8-4-6-9(11)7-5-8;2*1-2-3-6-9-7-4-5-8-9;;/h2*4-7,11H,1-3H3;2*4,7H,2-3,5-6H2,1H3;1H2;/q;;2*-1;;+2. The summed E-state index contributed by atoms with van der Waals surface area (Å²) in [5, 5.41) is 18.0. The van der Waals surface area contributed by atoms with Gasteiger partial charge in [-0.15, -0.1) is 12.8 Å². The summed E-state index contributed by atoms with van der Waals surface area (Å²) < 4.78 is 3.34. The number of rotatable bonds is 6. The summed E-state index contributed by atoms with van der Waals surface area (Å²) in [6, 6.07) is 14.7. The molecule has 2 aliphatic rings. The van der Waals surface area contributed by atoms with E-state index < -0.39 is 0 Å². The topological polar surface area (TPSA) is 40.5 Å². The van der Waals surface area contributed by atoms with Crippen molar-refractivity contribution in [1.82, 2.24) is 0 Å². The molecule has 0 radical (unpaired) electrons. The summed E-state index contributed by atoms with van der Waals surface area (Å²) in [6.07, 6.45) is 25.1. The Balaban J connectivity index is 0.000000525. The Kier molecular flexibility index (Phi) is 21.1. The first-order valence-electron chi connectivity index (χ1n) is 15.3. The summed E-state index contributed by atoms with van der Waals surface area (Å²) >= 11 is 1.30. The zero-order valence-electron chi connectivity index (χ0n) is 27.7. The molecule has 0 heterocycles. The molecule has 0 fully saturated rings. The Morgan fingerprint density at radius 3 is 1.14 bits per heavy atom. The number of allylic oxidation sites excluding steroid dienone is 8. The van der Waals surface area contributed by atoms with Crippen LogP contribution in [0, 0.1) is 12.2 Å². The van der Waals surface area contributed by atoms with E-state index in [2.05, 4.69) is 96.1 Å². The molecule has 4 rings (SSSR count). The van der Waals surface area contributed by atoms with Gasteiger partial charge in [-0.2, -0.15) is 12.2 Å². The van der Waals surface area contributed by atoms with E-state index in [0.717, 1.165) is 12.8 Å². The molecule has 3 heteroatoms. The molecule has 2 nitrogen and oxygen atoms in total. The molecule has 0 bridgehead atoms. The van der Waals surface area contributed by atoms with Crippen LogP contribution in [0.5, 0.6) is 11.5 Å². The Bertz CT molecular complexity index is 1000. The van der Waals surface area contributed by atoms with E-state index in [1.807, 2.05) is 24.3 Å². The average Bonchev–Trinajstić information content (AvgIpc) is 3.67. The maximum atomic E-state index is 9.02. The molecule has 0 unspecified atom stereocenters. The Morgan fingerprint density at radius 1 is 0.619 bits per heavy atom. The third-order valence-electron chi connectivity index (χ3n) is 6.60. The van der Waals surface area contributed by atoms with Crippen molar-refractivity contribution >= 4 is 4.21 Å². The number of phenols is 2. The van der Waals surface area contributed by atoms with E-state index >= 15 is 0 Å². The quantitative estimate of drug-likeness (QED) is 0.306. The first-order valence-corrected chi connectivity index (χ1v) is 17.1. The Morgan fingerprint density at radius 2 is 0.929 bits per heavy atom. The molecule has 0 saturated heterocycles. The van der Waals surface area contributed by atoms with Crippen LogP contribution >= 0.6 is 0 Å². The van der Waals surface area contributed by atoms with Crippen LogP contribution in [0.3, 0.4) is 0 Å². The van der Waals surface area contributed by atoms with Gasteiger partial charge in [-0.3, -0.25) is 12.2 Å². The number of aromatic hydroxyl groups is 2. The number of hydrogen-bond acceptors (Lipinski definition) is 2. The minimum atomic E-state index is 0.174. The van der Waals surface area contributed by atoms with Crippen LogP contribution in [0.1, 0.15) is 118 Å². The predicted octanol–water partition coefficient (Wildman–Crippen LogP) is 11.1. The second-order valence-electron chi connectivity index (χ2n) is 12.4. The van der Waals surface area contributed by atoms with Crippen LogP contribution in [-0.2, 0) is 35.1 Å². The zero-order chi connectivity index (χ0) is 32.0. The first kappa shape index (κ1) is 39.8. The van der Waals surface area contributed by atoms with Crippen molar-refractivity contribution in [2.45, 2.75) is 118 Å². The van der Waals surface area contributed by atoms with Crippen LogP contribution in [0.2, 0.25) is 0 Å². The van der Waals surface area contributed by atoms with Gasteiger partial charge in [0.25, 0.3) is 0 Å². The monoisotopic (exact) mass is 646 g/mol. The first-order chi connectivity index (χ1) is 19.9. The molecule has 2 N–H and O–H groups in total. The minimum absolute atomic E-state index is 0.174. The van der Waals surface area contributed by atoms with Crippen LogP contribution in [0.25, 0.3) is 0 Å². The molecular weight excluding hydrogens is 592 g/mol. The molecule has 0 spiro atoms. The van der Waals surface area contributed by atoms with Gasteiger partial charge in [-0.25, -0.2) is 23.3 Å². The summed E-state index contributed by atoms with van der Waals surface area (Å²) in [5.41, 5.74) is 5.67. The molecular formula is C39H56O2Zr. The summed E-state index contributed by atoms with van der Waals surface area (Å²) in [4.78, 5) is 0. The molecule has 228 valence electrons. The fraction of sp³-hybridized carbons (Fsp3) is 0.462. The number of unbranched alkanes of at least 4 members (excludes halogenated alkanes) is 2. The van der Waals surface area contributed by atoms with Gasteiger partial charge in [-0.1, -0.05) is 118 Å². The van der Waals surface area contributed by atoms with Crippen LogP contribution in [-0.4, -0.2) is 14.4 Å². The fourth-order valence-electron chi connectivity index (χ4n) is 3.90. The second-order valence-corrected chi connectivity index (χ2v) is 12.4. The van der Waals surface area contributed by atoms with Crippen molar-refractivity contribution in [3.05, 3.63) is 107 Å². The Labute approximate surface area is 273 Å². The number of phenolic OH excluding ortho intramolecular Hbond substituents is 2. The van der Waals surface area contributed by atoms with E-state index in [1.165, 1.54) is 85.0 Å². The summed E-state index contributed by atoms with van der Waals surface area (Å²) in [5.74, 6) is 0.663. The molecule has 2 aliphatic carbocycles. The van der Waals surface area contributed by atoms with Crippen molar-refractivity contribution in [3.8, 4) is 11.5 Å². The predicted molar refractivity (Wildman–Crippen MR) is 181 cm³/mol. The van der Waals surface area contributed by atoms with Crippen molar-refractivity contribution in [3.63, 3.8) is 0 Å². The van der Waals surface area contributed by atoms with Crippen LogP contribution in [0.15, 0.2) is 84.0 Å².